The summed E-state index contributed by atoms with van der Waals surface area (Å²) in [6, 6.07) is 5.58. The van der Waals surface area contributed by atoms with E-state index in [1.54, 1.807) is 14.2 Å². The van der Waals surface area contributed by atoms with E-state index >= 15 is 0 Å². The van der Waals surface area contributed by atoms with Gasteiger partial charge in [-0.15, -0.1) is 0 Å². The Labute approximate surface area is 131 Å². The lowest BCUT2D eigenvalue weighted by atomic mass is 10.1. The van der Waals surface area contributed by atoms with Crippen LogP contribution in [0.2, 0.25) is 0 Å². The number of hydrogen-bond acceptors (Lipinski definition) is 4. The molecule has 1 rings (SSSR count). The summed E-state index contributed by atoms with van der Waals surface area (Å²) in [5.41, 5.74) is 0.994. The predicted octanol–water partition coefficient (Wildman–Crippen LogP) is 1.23. The second-order valence-electron chi connectivity index (χ2n) is 4.67. The van der Waals surface area contributed by atoms with Gasteiger partial charge in [0.2, 0.25) is 0 Å². The van der Waals surface area contributed by atoms with Crippen LogP contribution < -0.4 is 14.8 Å². The second kappa shape index (κ2) is 8.92. The first kappa shape index (κ1) is 17.8. The smallest absolute Gasteiger partial charge is 0.311 e. The van der Waals surface area contributed by atoms with E-state index in [9.17, 15) is 9.59 Å². The number of carbonyl (C=O) groups excluding carboxylic acids is 2. The molecule has 2 amide bonds. The van der Waals surface area contributed by atoms with Gasteiger partial charge in [-0.25, -0.2) is 0 Å². The Hall–Kier alpha value is -2.24. The van der Waals surface area contributed by atoms with Gasteiger partial charge in [0.1, 0.15) is 0 Å². The number of hydrogen-bond donors (Lipinski definition) is 1. The molecule has 0 aromatic heterocycles. The Morgan fingerprint density at radius 3 is 2.27 bits per heavy atom. The lowest BCUT2D eigenvalue weighted by molar-refractivity contribution is -0.145. The maximum atomic E-state index is 11.8. The second-order valence-corrected chi connectivity index (χ2v) is 4.67. The molecular formula is C16H24N2O4. The number of rotatable bonds is 7. The molecule has 0 aliphatic carbocycles. The fourth-order valence-corrected chi connectivity index (χ4v) is 2.09. The molecule has 1 aromatic carbocycles. The molecule has 0 aliphatic heterocycles. The summed E-state index contributed by atoms with van der Waals surface area (Å²) in [5, 5.41) is 2.64. The van der Waals surface area contributed by atoms with Crippen molar-refractivity contribution >= 4 is 11.8 Å². The van der Waals surface area contributed by atoms with E-state index in [1.165, 1.54) is 4.90 Å². The van der Waals surface area contributed by atoms with Crippen LogP contribution in [0.25, 0.3) is 0 Å². The molecule has 0 spiro atoms. The van der Waals surface area contributed by atoms with Crippen molar-refractivity contribution in [1.29, 1.82) is 0 Å². The van der Waals surface area contributed by atoms with Gasteiger partial charge >= 0.3 is 11.8 Å². The van der Waals surface area contributed by atoms with Crippen molar-refractivity contribution in [2.45, 2.75) is 20.3 Å². The van der Waals surface area contributed by atoms with Crippen LogP contribution in [0, 0.1) is 0 Å². The van der Waals surface area contributed by atoms with Crippen LogP contribution in [0.5, 0.6) is 11.5 Å². The van der Waals surface area contributed by atoms with Crippen LogP contribution in [0.4, 0.5) is 0 Å². The molecule has 0 fully saturated rings. The molecule has 0 radical (unpaired) electrons. The minimum Gasteiger partial charge on any atom is -0.493 e. The van der Waals surface area contributed by atoms with Crippen LogP contribution in [0.1, 0.15) is 19.4 Å². The summed E-state index contributed by atoms with van der Waals surface area (Å²) >= 11 is 0. The summed E-state index contributed by atoms with van der Waals surface area (Å²) in [4.78, 5) is 25.1. The molecule has 0 aliphatic rings. The Morgan fingerprint density at radius 1 is 1.09 bits per heavy atom. The standard InChI is InChI=1S/C16H24N2O4/c1-5-18(6-2)16(20)15(19)17-10-9-12-7-8-13(21-3)14(11-12)22-4/h7-8,11H,5-6,9-10H2,1-4H3,(H,17,19). The SMILES string of the molecule is CCN(CC)C(=O)C(=O)NCCc1ccc(OC)c(OC)c1. The minimum atomic E-state index is -0.566. The largest absolute Gasteiger partial charge is 0.493 e. The van der Waals surface area contributed by atoms with Crippen LogP contribution >= 0.6 is 0 Å². The third kappa shape index (κ3) is 4.65. The van der Waals surface area contributed by atoms with Gasteiger partial charge in [0.15, 0.2) is 11.5 Å². The molecule has 1 aromatic rings. The number of likely N-dealkylation sites (N-methyl/N-ethyl adjacent to an activating group) is 1. The van der Waals surface area contributed by atoms with Gasteiger partial charge in [-0.05, 0) is 38.0 Å². The average Bonchev–Trinajstić information content (AvgIpc) is 2.55. The fourth-order valence-electron chi connectivity index (χ4n) is 2.09. The van der Waals surface area contributed by atoms with Gasteiger partial charge in [0.25, 0.3) is 0 Å². The summed E-state index contributed by atoms with van der Waals surface area (Å²) in [5.74, 6) is 0.249. The van der Waals surface area contributed by atoms with E-state index in [1.807, 2.05) is 32.0 Å². The third-order valence-electron chi connectivity index (χ3n) is 3.39. The number of nitrogens with one attached hydrogen (secondary N) is 1. The van der Waals surface area contributed by atoms with Crippen molar-refractivity contribution in [2.75, 3.05) is 33.9 Å². The first-order chi connectivity index (χ1) is 10.6. The molecule has 0 unspecified atom stereocenters. The zero-order valence-corrected chi connectivity index (χ0v) is 13.6. The molecule has 122 valence electrons. The normalized spacial score (nSPS) is 10.0. The van der Waals surface area contributed by atoms with Gasteiger partial charge in [-0.3, -0.25) is 9.59 Å². The quantitative estimate of drug-likeness (QED) is 0.769. The molecule has 0 heterocycles. The van der Waals surface area contributed by atoms with Crippen LogP contribution in [-0.4, -0.2) is 50.6 Å². The first-order valence-electron chi connectivity index (χ1n) is 7.35. The number of carbonyl (C=O) groups is 2. The Kier molecular flexibility index (Phi) is 7.22. The molecule has 22 heavy (non-hydrogen) atoms. The molecule has 1 N–H and O–H groups in total. The molecular weight excluding hydrogens is 284 g/mol. The highest BCUT2D eigenvalue weighted by Crippen LogP contribution is 2.27. The van der Waals surface area contributed by atoms with Crippen LogP contribution in [0.3, 0.4) is 0 Å². The Bertz CT molecular complexity index is 513. The molecule has 0 bridgehead atoms. The predicted molar refractivity (Wildman–Crippen MR) is 84.2 cm³/mol. The number of ether oxygens (including phenoxy) is 2. The van der Waals surface area contributed by atoms with E-state index in [0.29, 0.717) is 37.6 Å². The van der Waals surface area contributed by atoms with Crippen LogP contribution in [-0.2, 0) is 16.0 Å². The summed E-state index contributed by atoms with van der Waals surface area (Å²) < 4.78 is 10.4. The van der Waals surface area contributed by atoms with Crippen molar-refractivity contribution < 1.29 is 19.1 Å². The summed E-state index contributed by atoms with van der Waals surface area (Å²) in [6.07, 6.45) is 0.609. The molecule has 6 nitrogen and oxygen atoms in total. The molecule has 0 saturated carbocycles. The first-order valence-corrected chi connectivity index (χ1v) is 7.35. The monoisotopic (exact) mass is 308 g/mol. The van der Waals surface area contributed by atoms with Crippen molar-refractivity contribution in [3.63, 3.8) is 0 Å². The summed E-state index contributed by atoms with van der Waals surface area (Å²) in [7, 11) is 3.16. The van der Waals surface area contributed by atoms with Crippen LogP contribution in [0.15, 0.2) is 18.2 Å². The maximum Gasteiger partial charge on any atom is 0.311 e. The Balaban J connectivity index is 2.54. The van der Waals surface area contributed by atoms with E-state index in [-0.39, 0.29) is 0 Å². The van der Waals surface area contributed by atoms with Crippen molar-refractivity contribution in [1.82, 2.24) is 10.2 Å². The highest BCUT2D eigenvalue weighted by atomic mass is 16.5. The van der Waals surface area contributed by atoms with Gasteiger partial charge < -0.3 is 19.7 Å². The zero-order valence-electron chi connectivity index (χ0n) is 13.6. The number of benzene rings is 1. The molecule has 0 saturated heterocycles. The lowest BCUT2D eigenvalue weighted by Crippen LogP contribution is -2.43. The van der Waals surface area contributed by atoms with E-state index in [2.05, 4.69) is 5.32 Å². The van der Waals surface area contributed by atoms with E-state index in [0.717, 1.165) is 5.56 Å². The number of methoxy groups -OCH3 is 2. The highest BCUT2D eigenvalue weighted by Gasteiger charge is 2.18. The van der Waals surface area contributed by atoms with E-state index in [4.69, 9.17) is 9.47 Å². The van der Waals surface area contributed by atoms with Crippen molar-refractivity contribution in [3.8, 4) is 11.5 Å². The summed E-state index contributed by atoms with van der Waals surface area (Å²) in [6.45, 7) is 5.13. The van der Waals surface area contributed by atoms with Gasteiger partial charge in [-0.1, -0.05) is 6.07 Å². The van der Waals surface area contributed by atoms with Gasteiger partial charge in [0.05, 0.1) is 14.2 Å². The third-order valence-corrected chi connectivity index (χ3v) is 3.39. The average molecular weight is 308 g/mol. The zero-order chi connectivity index (χ0) is 16.5. The van der Waals surface area contributed by atoms with E-state index < -0.39 is 11.8 Å². The maximum absolute atomic E-state index is 11.8. The number of nitrogens with zero attached hydrogens (tertiary/aromatic N) is 1. The highest BCUT2D eigenvalue weighted by molar-refractivity contribution is 6.34. The lowest BCUT2D eigenvalue weighted by Gasteiger charge is -2.17. The van der Waals surface area contributed by atoms with Crippen molar-refractivity contribution in [3.05, 3.63) is 23.8 Å². The number of amides is 2. The topological polar surface area (TPSA) is 67.9 Å². The Morgan fingerprint density at radius 2 is 1.73 bits per heavy atom. The molecule has 6 heteroatoms. The van der Waals surface area contributed by atoms with Crippen molar-refractivity contribution in [2.24, 2.45) is 0 Å². The van der Waals surface area contributed by atoms with Gasteiger partial charge in [-0.2, -0.15) is 0 Å². The molecule has 0 atom stereocenters. The van der Waals surface area contributed by atoms with Gasteiger partial charge in [0, 0.05) is 19.6 Å². The fraction of sp³-hybridized carbons (Fsp3) is 0.500. The minimum absolute atomic E-state index is 0.390.